The molecule has 0 saturated heterocycles. The maximum Gasteiger partial charge on any atom is 0.408 e. The summed E-state index contributed by atoms with van der Waals surface area (Å²) >= 11 is 5.64. The molecular weight excluding hydrogens is 275 g/mol. The fourth-order valence-electron chi connectivity index (χ4n) is 1.16. The van der Waals surface area contributed by atoms with Crippen molar-refractivity contribution in [1.29, 1.82) is 0 Å². The van der Waals surface area contributed by atoms with Gasteiger partial charge in [-0.1, -0.05) is 11.6 Å². The van der Waals surface area contributed by atoms with E-state index in [1.165, 1.54) is 0 Å². The van der Waals surface area contributed by atoms with E-state index in [1.807, 2.05) is 0 Å². The molecule has 0 spiro atoms. The van der Waals surface area contributed by atoms with Crippen molar-refractivity contribution in [3.8, 4) is 0 Å². The number of anilines is 1. The van der Waals surface area contributed by atoms with Crippen LogP contribution >= 0.6 is 11.6 Å². The third-order valence-electron chi connectivity index (χ3n) is 1.99. The normalized spacial score (nSPS) is 13.4. The number of aliphatic hydroxyl groups excluding tert-OH is 1. The van der Waals surface area contributed by atoms with Gasteiger partial charge < -0.3 is 10.4 Å². The Morgan fingerprint density at radius 2 is 2.22 bits per heavy atom. The van der Waals surface area contributed by atoms with Crippen LogP contribution in [0.1, 0.15) is 6.92 Å². The Morgan fingerprint density at radius 3 is 2.72 bits per heavy atom. The summed E-state index contributed by atoms with van der Waals surface area (Å²) in [4.78, 5) is 11.5. The average Bonchev–Trinajstić information content (AvgIpc) is 2.27. The second-order valence-corrected chi connectivity index (χ2v) is 4.06. The first-order valence-corrected chi connectivity index (χ1v) is 5.32. The number of nitrogens with zero attached hydrogens (tertiary/aromatic N) is 2. The summed E-state index contributed by atoms with van der Waals surface area (Å²) in [5.41, 5.74) is -0.953. The molecule has 1 atom stereocenters. The summed E-state index contributed by atoms with van der Waals surface area (Å²) in [7, 11) is 0. The zero-order valence-electron chi connectivity index (χ0n) is 9.33. The maximum absolute atomic E-state index is 12.1. The van der Waals surface area contributed by atoms with Gasteiger partial charge in [-0.3, -0.25) is 4.79 Å². The van der Waals surface area contributed by atoms with Crippen LogP contribution in [0.25, 0.3) is 0 Å². The summed E-state index contributed by atoms with van der Waals surface area (Å²) in [5, 5.41) is 14.4. The first kappa shape index (κ1) is 14.8. The second-order valence-electron chi connectivity index (χ2n) is 3.68. The number of aliphatic hydroxyl groups is 1. The van der Waals surface area contributed by atoms with Crippen molar-refractivity contribution >= 4 is 17.3 Å². The largest absolute Gasteiger partial charge is 0.408 e. The minimum absolute atomic E-state index is 0.0849. The lowest BCUT2D eigenvalue weighted by atomic mass is 10.3. The summed E-state index contributed by atoms with van der Waals surface area (Å²) in [5.74, 6) is 0. The van der Waals surface area contributed by atoms with Gasteiger partial charge in [-0.25, -0.2) is 4.68 Å². The molecule has 18 heavy (non-hydrogen) atoms. The van der Waals surface area contributed by atoms with Gasteiger partial charge in [0, 0.05) is 6.04 Å². The first-order chi connectivity index (χ1) is 8.24. The van der Waals surface area contributed by atoms with Gasteiger partial charge in [0.2, 0.25) is 0 Å². The molecule has 1 rings (SSSR count). The highest BCUT2D eigenvalue weighted by Gasteiger charge is 2.29. The Kier molecular flexibility index (Phi) is 4.58. The molecule has 102 valence electrons. The summed E-state index contributed by atoms with van der Waals surface area (Å²) < 4.78 is 36.6. The van der Waals surface area contributed by atoms with Crippen molar-refractivity contribution in [2.75, 3.05) is 11.9 Å². The number of hydrogen-bond acceptors (Lipinski definition) is 4. The van der Waals surface area contributed by atoms with Crippen LogP contribution in [0.4, 0.5) is 18.9 Å². The van der Waals surface area contributed by atoms with E-state index in [0.29, 0.717) is 0 Å². The molecule has 9 heteroatoms. The van der Waals surface area contributed by atoms with Crippen LogP contribution in [0.15, 0.2) is 11.0 Å². The molecule has 1 aromatic rings. The van der Waals surface area contributed by atoms with E-state index < -0.39 is 29.3 Å². The molecule has 0 radical (unpaired) electrons. The Hall–Kier alpha value is -1.28. The molecule has 5 nitrogen and oxygen atoms in total. The third kappa shape index (κ3) is 3.88. The zero-order valence-corrected chi connectivity index (χ0v) is 10.1. The number of halogens is 4. The average molecular weight is 286 g/mol. The molecule has 0 aliphatic rings. The van der Waals surface area contributed by atoms with Crippen molar-refractivity contribution in [1.82, 2.24) is 9.78 Å². The van der Waals surface area contributed by atoms with Gasteiger partial charge in [-0.15, -0.1) is 0 Å². The minimum atomic E-state index is -4.55. The lowest BCUT2D eigenvalue weighted by Crippen LogP contribution is -2.31. The van der Waals surface area contributed by atoms with E-state index in [9.17, 15) is 18.0 Å². The highest BCUT2D eigenvalue weighted by Crippen LogP contribution is 2.19. The van der Waals surface area contributed by atoms with Gasteiger partial charge in [-0.05, 0) is 6.92 Å². The molecule has 0 amide bonds. The van der Waals surface area contributed by atoms with Gasteiger partial charge in [0.25, 0.3) is 5.56 Å². The van der Waals surface area contributed by atoms with Crippen LogP contribution in [0.2, 0.25) is 5.02 Å². The smallest absolute Gasteiger partial charge is 0.394 e. The molecule has 0 aliphatic carbocycles. The second kappa shape index (κ2) is 5.57. The van der Waals surface area contributed by atoms with Crippen LogP contribution in [0.5, 0.6) is 0 Å². The van der Waals surface area contributed by atoms with E-state index in [0.717, 1.165) is 6.20 Å². The SMILES string of the molecule is CC(CO)Nc1cnn(CC(F)(F)F)c(=O)c1Cl. The summed E-state index contributed by atoms with van der Waals surface area (Å²) in [6, 6.07) is -0.401. The Bertz CT molecular complexity index is 475. The molecule has 0 saturated carbocycles. The van der Waals surface area contributed by atoms with E-state index >= 15 is 0 Å². The highest BCUT2D eigenvalue weighted by molar-refractivity contribution is 6.32. The van der Waals surface area contributed by atoms with E-state index in [-0.39, 0.29) is 17.0 Å². The third-order valence-corrected chi connectivity index (χ3v) is 2.35. The number of alkyl halides is 3. The summed E-state index contributed by atoms with van der Waals surface area (Å²) in [6.45, 7) is -0.110. The van der Waals surface area contributed by atoms with Gasteiger partial charge in [-0.2, -0.15) is 18.3 Å². The number of hydrogen-bond donors (Lipinski definition) is 2. The molecule has 2 N–H and O–H groups in total. The van der Waals surface area contributed by atoms with Crippen molar-refractivity contribution in [3.63, 3.8) is 0 Å². The maximum atomic E-state index is 12.1. The summed E-state index contributed by atoms with van der Waals surface area (Å²) in [6.07, 6.45) is -3.53. The Balaban J connectivity index is 3.02. The molecule has 0 fully saturated rings. The predicted octanol–water partition coefficient (Wildman–Crippen LogP) is 1.25. The van der Waals surface area contributed by atoms with E-state index in [1.54, 1.807) is 6.92 Å². The van der Waals surface area contributed by atoms with Crippen LogP contribution in [0, 0.1) is 0 Å². The molecule has 1 unspecified atom stereocenters. The predicted molar refractivity (Wildman–Crippen MR) is 59.7 cm³/mol. The molecule has 0 aliphatic heterocycles. The topological polar surface area (TPSA) is 67.2 Å². The standard InChI is InChI=1S/C9H11ClF3N3O2/c1-5(3-17)15-6-2-14-16(4-9(11,12)13)8(18)7(6)10/h2,5,15,17H,3-4H2,1H3. The lowest BCUT2D eigenvalue weighted by Gasteiger charge is -2.14. The monoisotopic (exact) mass is 285 g/mol. The number of aromatic nitrogens is 2. The Morgan fingerprint density at radius 1 is 1.61 bits per heavy atom. The van der Waals surface area contributed by atoms with Crippen LogP contribution in [-0.4, -0.2) is 33.7 Å². The van der Waals surface area contributed by atoms with E-state index in [4.69, 9.17) is 16.7 Å². The lowest BCUT2D eigenvalue weighted by molar-refractivity contribution is -0.143. The minimum Gasteiger partial charge on any atom is -0.394 e. The molecular formula is C9H11ClF3N3O2. The van der Waals surface area contributed by atoms with Gasteiger partial charge in [0.15, 0.2) is 0 Å². The fraction of sp³-hybridized carbons (Fsp3) is 0.556. The Labute approximate surface area is 105 Å². The van der Waals surface area contributed by atoms with Crippen LogP contribution in [0.3, 0.4) is 0 Å². The quantitative estimate of drug-likeness (QED) is 0.874. The van der Waals surface area contributed by atoms with Gasteiger partial charge >= 0.3 is 6.18 Å². The molecule has 0 aromatic carbocycles. The van der Waals surface area contributed by atoms with Gasteiger partial charge in [0.05, 0.1) is 18.5 Å². The van der Waals surface area contributed by atoms with Gasteiger partial charge in [0.1, 0.15) is 11.6 Å². The zero-order chi connectivity index (χ0) is 13.9. The molecule has 0 bridgehead atoms. The van der Waals surface area contributed by atoms with Crippen LogP contribution in [-0.2, 0) is 6.54 Å². The number of nitrogens with one attached hydrogen (secondary N) is 1. The molecule has 1 heterocycles. The fourth-order valence-corrected chi connectivity index (χ4v) is 1.36. The van der Waals surface area contributed by atoms with Crippen molar-refractivity contribution in [3.05, 3.63) is 21.6 Å². The number of rotatable bonds is 4. The van der Waals surface area contributed by atoms with Crippen molar-refractivity contribution < 1.29 is 18.3 Å². The first-order valence-electron chi connectivity index (χ1n) is 4.94. The van der Waals surface area contributed by atoms with Crippen LogP contribution < -0.4 is 10.9 Å². The molecule has 1 aromatic heterocycles. The van der Waals surface area contributed by atoms with Crippen molar-refractivity contribution in [2.24, 2.45) is 0 Å². The highest BCUT2D eigenvalue weighted by atomic mass is 35.5. The van der Waals surface area contributed by atoms with Crippen molar-refractivity contribution in [2.45, 2.75) is 25.7 Å². The van der Waals surface area contributed by atoms with E-state index in [2.05, 4.69) is 10.4 Å².